The summed E-state index contributed by atoms with van der Waals surface area (Å²) in [6.07, 6.45) is 7.98. The summed E-state index contributed by atoms with van der Waals surface area (Å²) in [6, 6.07) is 0. The Morgan fingerprint density at radius 3 is 1.80 bits per heavy atom. The SMILES string of the molecule is [CH2]CCCCCCC.[NaH].[NaH]. The van der Waals surface area contributed by atoms with Crippen LogP contribution in [0.4, 0.5) is 0 Å². The predicted octanol–water partition coefficient (Wildman–Crippen LogP) is 1.88. The topological polar surface area (TPSA) is 0 Å². The Labute approximate surface area is 110 Å². The third kappa shape index (κ3) is 16.5. The van der Waals surface area contributed by atoms with Crippen molar-refractivity contribution in [2.45, 2.75) is 45.4 Å². The quantitative estimate of drug-likeness (QED) is 0.426. The molecule has 0 unspecified atom stereocenters. The van der Waals surface area contributed by atoms with Crippen molar-refractivity contribution in [1.82, 2.24) is 0 Å². The molecule has 0 aliphatic carbocycles. The number of unbranched alkanes of at least 4 members (excludes halogenated alkanes) is 5. The Morgan fingerprint density at radius 2 is 1.40 bits per heavy atom. The first-order valence-corrected chi connectivity index (χ1v) is 3.71. The van der Waals surface area contributed by atoms with Crippen LogP contribution in [0.15, 0.2) is 0 Å². The van der Waals surface area contributed by atoms with Gasteiger partial charge in [-0.1, -0.05) is 52.4 Å². The maximum absolute atomic E-state index is 3.78. The fraction of sp³-hybridized carbons (Fsp3) is 0.875. The van der Waals surface area contributed by atoms with Crippen molar-refractivity contribution in [2.75, 3.05) is 0 Å². The van der Waals surface area contributed by atoms with Crippen molar-refractivity contribution in [3.8, 4) is 0 Å². The van der Waals surface area contributed by atoms with Gasteiger partial charge in [-0.05, 0) is 0 Å². The van der Waals surface area contributed by atoms with E-state index in [0.717, 1.165) is 6.42 Å². The van der Waals surface area contributed by atoms with Gasteiger partial charge >= 0.3 is 59.1 Å². The van der Waals surface area contributed by atoms with E-state index < -0.39 is 0 Å². The van der Waals surface area contributed by atoms with Crippen LogP contribution in [0.3, 0.4) is 0 Å². The first kappa shape index (κ1) is 17.9. The number of hydrogen-bond donors (Lipinski definition) is 0. The molecular weight excluding hydrogens is 142 g/mol. The molecule has 0 atom stereocenters. The van der Waals surface area contributed by atoms with E-state index in [9.17, 15) is 0 Å². The maximum atomic E-state index is 3.78. The van der Waals surface area contributed by atoms with E-state index in [1.165, 1.54) is 32.1 Å². The standard InChI is InChI=1S/C8H17.2Na.2H/c1-3-5-7-8-6-4-2;;;;/h1,3-8H2,2H3;;;;. The summed E-state index contributed by atoms with van der Waals surface area (Å²) >= 11 is 0. The van der Waals surface area contributed by atoms with Crippen LogP contribution < -0.4 is 0 Å². The third-order valence-electron chi connectivity index (χ3n) is 1.35. The Bertz CT molecular complexity index is 32.2. The summed E-state index contributed by atoms with van der Waals surface area (Å²) < 4.78 is 0. The van der Waals surface area contributed by atoms with Gasteiger partial charge in [0.1, 0.15) is 0 Å². The second-order valence-electron chi connectivity index (χ2n) is 2.27. The molecule has 0 saturated heterocycles. The molecule has 0 fully saturated rings. The van der Waals surface area contributed by atoms with Gasteiger partial charge < -0.3 is 0 Å². The van der Waals surface area contributed by atoms with E-state index in [-0.39, 0.29) is 59.1 Å². The summed E-state index contributed by atoms with van der Waals surface area (Å²) in [7, 11) is 0. The van der Waals surface area contributed by atoms with Crippen LogP contribution in [-0.4, -0.2) is 59.1 Å². The van der Waals surface area contributed by atoms with Gasteiger partial charge in [-0.3, -0.25) is 0 Å². The van der Waals surface area contributed by atoms with E-state index in [1.54, 1.807) is 0 Å². The molecule has 0 bridgehead atoms. The molecule has 0 aliphatic rings. The van der Waals surface area contributed by atoms with Crippen molar-refractivity contribution in [3.05, 3.63) is 6.92 Å². The van der Waals surface area contributed by atoms with Crippen molar-refractivity contribution >= 4 is 59.1 Å². The molecule has 53 valence electrons. The molecule has 0 nitrogen and oxygen atoms in total. The Morgan fingerprint density at radius 1 is 0.900 bits per heavy atom. The molecule has 10 heavy (non-hydrogen) atoms. The van der Waals surface area contributed by atoms with Gasteiger partial charge in [0.15, 0.2) is 0 Å². The van der Waals surface area contributed by atoms with Crippen molar-refractivity contribution in [2.24, 2.45) is 0 Å². The van der Waals surface area contributed by atoms with Gasteiger partial charge in [0.2, 0.25) is 0 Å². The zero-order valence-electron chi connectivity index (χ0n) is 5.95. The zero-order valence-corrected chi connectivity index (χ0v) is 5.95. The summed E-state index contributed by atoms with van der Waals surface area (Å²) in [4.78, 5) is 0. The van der Waals surface area contributed by atoms with Crippen LogP contribution >= 0.6 is 0 Å². The predicted molar refractivity (Wildman–Crippen MR) is 53.0 cm³/mol. The van der Waals surface area contributed by atoms with Crippen molar-refractivity contribution in [3.63, 3.8) is 0 Å². The minimum absolute atomic E-state index is 0. The normalized spacial score (nSPS) is 7.80. The fourth-order valence-electron chi connectivity index (χ4n) is 0.780. The molecular formula is C8H19Na2. The molecule has 1 radical (unpaired) electrons. The van der Waals surface area contributed by atoms with E-state index in [2.05, 4.69) is 13.8 Å². The summed E-state index contributed by atoms with van der Waals surface area (Å²) in [5.74, 6) is 0. The van der Waals surface area contributed by atoms with Crippen LogP contribution in [0.25, 0.3) is 0 Å². The van der Waals surface area contributed by atoms with Gasteiger partial charge in [0.25, 0.3) is 0 Å². The first-order chi connectivity index (χ1) is 3.91. The first-order valence-electron chi connectivity index (χ1n) is 3.71. The van der Waals surface area contributed by atoms with E-state index >= 15 is 0 Å². The number of rotatable bonds is 5. The van der Waals surface area contributed by atoms with Crippen LogP contribution in [0.1, 0.15) is 45.4 Å². The molecule has 0 aromatic heterocycles. The molecule has 0 amide bonds. The van der Waals surface area contributed by atoms with Crippen LogP contribution in [0.5, 0.6) is 0 Å². The van der Waals surface area contributed by atoms with Gasteiger partial charge in [-0.15, -0.1) is 0 Å². The Kier molecular flexibility index (Phi) is 30.8. The van der Waals surface area contributed by atoms with Gasteiger partial charge in [-0.2, -0.15) is 0 Å². The molecule has 2 heteroatoms. The third-order valence-corrected chi connectivity index (χ3v) is 1.35. The molecule has 0 rings (SSSR count). The summed E-state index contributed by atoms with van der Waals surface area (Å²) in [5.41, 5.74) is 0. The molecule has 0 aromatic rings. The average Bonchev–Trinajstić information content (AvgIpc) is 1.81. The molecule has 0 N–H and O–H groups in total. The molecule has 0 aliphatic heterocycles. The van der Waals surface area contributed by atoms with E-state index in [1.807, 2.05) is 0 Å². The second-order valence-corrected chi connectivity index (χ2v) is 2.27. The number of hydrogen-bond acceptors (Lipinski definition) is 0. The molecule has 0 aromatic carbocycles. The van der Waals surface area contributed by atoms with Crippen LogP contribution in [-0.2, 0) is 0 Å². The van der Waals surface area contributed by atoms with E-state index in [4.69, 9.17) is 0 Å². The minimum atomic E-state index is 0. The second kappa shape index (κ2) is 17.2. The summed E-state index contributed by atoms with van der Waals surface area (Å²) in [5, 5.41) is 0. The average molecular weight is 161 g/mol. The summed E-state index contributed by atoms with van der Waals surface area (Å²) in [6.45, 7) is 6.02. The Hall–Kier alpha value is 2.00. The monoisotopic (exact) mass is 161 g/mol. The van der Waals surface area contributed by atoms with Gasteiger partial charge in [0, 0.05) is 0 Å². The molecule has 0 spiro atoms. The van der Waals surface area contributed by atoms with Gasteiger partial charge in [0.05, 0.1) is 0 Å². The zero-order chi connectivity index (χ0) is 6.24. The van der Waals surface area contributed by atoms with Crippen LogP contribution in [0.2, 0.25) is 0 Å². The molecule has 0 saturated carbocycles. The molecule has 0 heterocycles. The van der Waals surface area contributed by atoms with Crippen LogP contribution in [0, 0.1) is 6.92 Å². The van der Waals surface area contributed by atoms with Crippen molar-refractivity contribution in [1.29, 1.82) is 0 Å². The van der Waals surface area contributed by atoms with Crippen molar-refractivity contribution < 1.29 is 0 Å². The fourth-order valence-corrected chi connectivity index (χ4v) is 0.780. The Balaban J connectivity index is -0.000000245. The van der Waals surface area contributed by atoms with E-state index in [0.29, 0.717) is 0 Å². The van der Waals surface area contributed by atoms with Gasteiger partial charge in [-0.25, -0.2) is 0 Å².